The summed E-state index contributed by atoms with van der Waals surface area (Å²) in [6.45, 7) is 0. The highest BCUT2D eigenvalue weighted by Gasteiger charge is 2.17. The fraction of sp³-hybridized carbons (Fsp3) is 0.0741. The van der Waals surface area contributed by atoms with Crippen LogP contribution in [0.1, 0.15) is 0 Å². The van der Waals surface area contributed by atoms with E-state index in [1.54, 1.807) is 24.5 Å². The molecule has 0 aliphatic heterocycles. The van der Waals surface area contributed by atoms with Crippen LogP contribution in [0.25, 0.3) is 38.7 Å². The predicted molar refractivity (Wildman–Crippen MR) is 135 cm³/mol. The van der Waals surface area contributed by atoms with Gasteiger partial charge < -0.3 is 14.6 Å². The fourth-order valence-electron chi connectivity index (χ4n) is 4.36. The number of hydrogen-bond donors (Lipinski definition) is 1. The second-order valence-corrected chi connectivity index (χ2v) is 8.26. The maximum absolute atomic E-state index is 12.2. The molecule has 0 aliphatic carbocycles. The lowest BCUT2D eigenvalue weighted by Gasteiger charge is -2.18. The van der Waals surface area contributed by atoms with E-state index in [9.17, 15) is 4.79 Å². The molecule has 0 aliphatic rings. The molecule has 1 N–H and O–H groups in total. The van der Waals surface area contributed by atoms with Crippen molar-refractivity contribution in [2.45, 2.75) is 0 Å². The van der Waals surface area contributed by atoms with E-state index in [1.165, 1.54) is 6.07 Å². The minimum atomic E-state index is -0.152. The van der Waals surface area contributed by atoms with Gasteiger partial charge in [-0.15, -0.1) is 0 Å². The molecular formula is C27H21N5O2. The average molecular weight is 447 g/mol. The molecule has 0 amide bonds. The molecule has 7 heteroatoms. The third-order valence-electron chi connectivity index (χ3n) is 5.90. The van der Waals surface area contributed by atoms with E-state index >= 15 is 0 Å². The number of para-hydroxylation sites is 1. The summed E-state index contributed by atoms with van der Waals surface area (Å²) in [4.78, 5) is 26.4. The smallest absolute Gasteiger partial charge is 0.220 e. The van der Waals surface area contributed by atoms with Crippen LogP contribution >= 0.6 is 0 Å². The van der Waals surface area contributed by atoms with E-state index < -0.39 is 0 Å². The second kappa shape index (κ2) is 7.74. The molecule has 34 heavy (non-hydrogen) atoms. The van der Waals surface area contributed by atoms with Crippen LogP contribution in [-0.4, -0.2) is 33.6 Å². The first-order valence-corrected chi connectivity index (χ1v) is 10.9. The van der Waals surface area contributed by atoms with E-state index in [0.717, 1.165) is 33.3 Å². The van der Waals surface area contributed by atoms with Crippen LogP contribution in [0.5, 0.6) is 11.6 Å². The standard InChI is InChI=1S/C27H21N5O2/c1-31(2)22-8-5-14-29-27(22)32-21-7-4-3-6-18(21)19-10-9-17(16-23(19)32)34-25-12-11-20-26(30-25)24(33)13-15-28-20/h3-16H,1-2H3,(H,28,33). The van der Waals surface area contributed by atoms with Gasteiger partial charge in [-0.25, -0.2) is 9.97 Å². The van der Waals surface area contributed by atoms with Gasteiger partial charge in [0.15, 0.2) is 5.82 Å². The van der Waals surface area contributed by atoms with Gasteiger partial charge in [0.05, 0.1) is 22.2 Å². The maximum atomic E-state index is 12.2. The minimum absolute atomic E-state index is 0.152. The highest BCUT2D eigenvalue weighted by Crippen LogP contribution is 2.36. The largest absolute Gasteiger partial charge is 0.439 e. The summed E-state index contributed by atoms with van der Waals surface area (Å²) in [6, 6.07) is 23.2. The lowest BCUT2D eigenvalue weighted by molar-refractivity contribution is 0.465. The van der Waals surface area contributed by atoms with Crippen molar-refractivity contribution in [1.82, 2.24) is 19.5 Å². The van der Waals surface area contributed by atoms with Gasteiger partial charge in [0.1, 0.15) is 11.3 Å². The van der Waals surface area contributed by atoms with Crippen molar-refractivity contribution in [2.24, 2.45) is 0 Å². The van der Waals surface area contributed by atoms with E-state index in [0.29, 0.717) is 22.7 Å². The Morgan fingerprint density at radius 3 is 2.65 bits per heavy atom. The Hall–Kier alpha value is -4.65. The second-order valence-electron chi connectivity index (χ2n) is 8.26. The van der Waals surface area contributed by atoms with E-state index in [1.807, 2.05) is 44.4 Å². The fourth-order valence-corrected chi connectivity index (χ4v) is 4.36. The van der Waals surface area contributed by atoms with Crippen LogP contribution < -0.4 is 15.1 Å². The summed E-state index contributed by atoms with van der Waals surface area (Å²) in [7, 11) is 4.02. The quantitative estimate of drug-likeness (QED) is 0.398. The number of nitrogens with one attached hydrogen (secondary N) is 1. The normalized spacial score (nSPS) is 11.4. The summed E-state index contributed by atoms with van der Waals surface area (Å²) in [6.07, 6.45) is 3.42. The number of nitrogens with zero attached hydrogens (tertiary/aromatic N) is 4. The zero-order valence-electron chi connectivity index (χ0n) is 18.7. The minimum Gasteiger partial charge on any atom is -0.439 e. The topological polar surface area (TPSA) is 76.0 Å². The van der Waals surface area contributed by atoms with Crippen molar-refractivity contribution >= 4 is 38.5 Å². The predicted octanol–water partition coefficient (Wildman–Crippen LogP) is 5.27. The third kappa shape index (κ3) is 3.17. The molecule has 7 nitrogen and oxygen atoms in total. The number of H-pyrrole nitrogens is 1. The molecule has 6 aromatic rings. The number of fused-ring (bicyclic) bond motifs is 4. The van der Waals surface area contributed by atoms with Crippen LogP contribution in [0.3, 0.4) is 0 Å². The zero-order valence-corrected chi connectivity index (χ0v) is 18.7. The Bertz CT molecular complexity index is 1750. The number of aromatic nitrogens is 4. The van der Waals surface area contributed by atoms with E-state index in [2.05, 4.69) is 43.7 Å². The van der Waals surface area contributed by atoms with Crippen LogP contribution in [0.4, 0.5) is 5.69 Å². The van der Waals surface area contributed by atoms with Gasteiger partial charge in [-0.1, -0.05) is 18.2 Å². The van der Waals surface area contributed by atoms with Crippen LogP contribution in [0, 0.1) is 0 Å². The SMILES string of the molecule is CN(C)c1cccnc1-n1c2ccccc2c2ccc(Oc3ccc4[nH]ccc(=O)c4n3)cc21. The van der Waals surface area contributed by atoms with Crippen molar-refractivity contribution in [3.05, 3.63) is 95.4 Å². The molecule has 0 bridgehead atoms. The Morgan fingerprint density at radius 1 is 0.912 bits per heavy atom. The van der Waals surface area contributed by atoms with Crippen LogP contribution in [-0.2, 0) is 0 Å². The Labute approximate surface area is 194 Å². The maximum Gasteiger partial charge on any atom is 0.220 e. The summed E-state index contributed by atoms with van der Waals surface area (Å²) < 4.78 is 8.26. The number of rotatable bonds is 4. The summed E-state index contributed by atoms with van der Waals surface area (Å²) in [5.74, 6) is 1.82. The highest BCUT2D eigenvalue weighted by atomic mass is 16.5. The molecule has 0 radical (unpaired) electrons. The molecule has 6 rings (SSSR count). The molecule has 0 saturated heterocycles. The van der Waals surface area contributed by atoms with Gasteiger partial charge in [-0.2, -0.15) is 0 Å². The molecule has 0 fully saturated rings. The first kappa shape index (κ1) is 20.0. The first-order chi connectivity index (χ1) is 16.6. The lowest BCUT2D eigenvalue weighted by atomic mass is 10.1. The number of pyridine rings is 3. The van der Waals surface area contributed by atoms with Crippen molar-refractivity contribution in [1.29, 1.82) is 0 Å². The van der Waals surface area contributed by atoms with Gasteiger partial charge in [-0.3, -0.25) is 9.36 Å². The molecule has 0 atom stereocenters. The molecule has 0 spiro atoms. The molecule has 0 saturated carbocycles. The Morgan fingerprint density at radius 2 is 1.76 bits per heavy atom. The van der Waals surface area contributed by atoms with Gasteiger partial charge in [0.2, 0.25) is 11.3 Å². The van der Waals surface area contributed by atoms with E-state index in [-0.39, 0.29) is 5.43 Å². The van der Waals surface area contributed by atoms with Gasteiger partial charge >= 0.3 is 0 Å². The molecule has 4 heterocycles. The van der Waals surface area contributed by atoms with E-state index in [4.69, 9.17) is 9.72 Å². The Balaban J connectivity index is 1.55. The molecule has 4 aromatic heterocycles. The molecular weight excluding hydrogens is 426 g/mol. The Kier molecular flexibility index (Phi) is 4.55. The molecule has 166 valence electrons. The van der Waals surface area contributed by atoms with Crippen molar-refractivity contribution in [3.63, 3.8) is 0 Å². The molecule has 2 aromatic carbocycles. The van der Waals surface area contributed by atoms with Gasteiger partial charge in [0.25, 0.3) is 0 Å². The van der Waals surface area contributed by atoms with Gasteiger partial charge in [-0.05, 0) is 36.4 Å². The highest BCUT2D eigenvalue weighted by molar-refractivity contribution is 6.09. The lowest BCUT2D eigenvalue weighted by Crippen LogP contribution is -2.13. The molecule has 0 unspecified atom stereocenters. The van der Waals surface area contributed by atoms with Crippen LogP contribution in [0.2, 0.25) is 0 Å². The average Bonchev–Trinajstić information content (AvgIpc) is 3.18. The number of benzene rings is 2. The third-order valence-corrected chi connectivity index (χ3v) is 5.90. The van der Waals surface area contributed by atoms with Gasteiger partial charge in [0, 0.05) is 55.5 Å². The summed E-state index contributed by atoms with van der Waals surface area (Å²) >= 11 is 0. The number of aromatic amines is 1. The van der Waals surface area contributed by atoms with Crippen molar-refractivity contribution in [3.8, 4) is 17.4 Å². The summed E-state index contributed by atoms with van der Waals surface area (Å²) in [5.41, 5.74) is 3.90. The zero-order chi connectivity index (χ0) is 23.2. The number of anilines is 1. The number of ether oxygens (including phenoxy) is 1. The summed E-state index contributed by atoms with van der Waals surface area (Å²) in [5, 5.41) is 2.23. The van der Waals surface area contributed by atoms with Crippen molar-refractivity contribution in [2.75, 3.05) is 19.0 Å². The van der Waals surface area contributed by atoms with Crippen LogP contribution in [0.15, 0.2) is 90.0 Å². The monoisotopic (exact) mass is 447 g/mol. The first-order valence-electron chi connectivity index (χ1n) is 10.9. The van der Waals surface area contributed by atoms with Crippen molar-refractivity contribution < 1.29 is 4.74 Å². The number of hydrogen-bond acceptors (Lipinski definition) is 5.